The lowest BCUT2D eigenvalue weighted by atomic mass is 9.96. The van der Waals surface area contributed by atoms with Gasteiger partial charge >= 0.3 is 12.0 Å². The summed E-state index contributed by atoms with van der Waals surface area (Å²) in [5.41, 5.74) is 3.26. The highest BCUT2D eigenvalue weighted by molar-refractivity contribution is 6.00. The molecule has 2 amide bonds. The van der Waals surface area contributed by atoms with Gasteiger partial charge in [0, 0.05) is 16.8 Å². The lowest BCUT2D eigenvalue weighted by Gasteiger charge is -2.13. The third-order valence-electron chi connectivity index (χ3n) is 5.56. The number of para-hydroxylation sites is 1. The van der Waals surface area contributed by atoms with Crippen molar-refractivity contribution in [3.8, 4) is 11.1 Å². The molecule has 4 N–H and O–H groups in total. The second-order valence-corrected chi connectivity index (χ2v) is 7.60. The van der Waals surface area contributed by atoms with Crippen LogP contribution in [-0.4, -0.2) is 32.3 Å². The fourth-order valence-corrected chi connectivity index (χ4v) is 3.67. The van der Waals surface area contributed by atoms with Crippen LogP contribution in [0.1, 0.15) is 18.5 Å². The number of nitrogens with one attached hydrogen (secondary N) is 3. The molecular weight excluding hydrogens is 394 g/mol. The average Bonchev–Trinajstić information content (AvgIpc) is 3.46. The van der Waals surface area contributed by atoms with Crippen molar-refractivity contribution in [1.29, 1.82) is 0 Å². The molecule has 0 radical (unpaired) electrons. The van der Waals surface area contributed by atoms with Gasteiger partial charge in [-0.1, -0.05) is 30.3 Å². The number of benzene rings is 2. The van der Waals surface area contributed by atoms with Crippen LogP contribution in [0.3, 0.4) is 0 Å². The fourth-order valence-electron chi connectivity index (χ4n) is 3.67. The van der Waals surface area contributed by atoms with Crippen molar-refractivity contribution in [1.82, 2.24) is 15.2 Å². The molecule has 154 valence electrons. The highest BCUT2D eigenvalue weighted by Crippen LogP contribution is 2.49. The number of pyridine rings is 1. The number of fused-ring (bicyclic) bond motifs is 1. The van der Waals surface area contributed by atoms with Gasteiger partial charge in [0.1, 0.15) is 5.41 Å². The molecule has 1 saturated carbocycles. The minimum absolute atomic E-state index is 0.334. The topological polar surface area (TPSA) is 120 Å². The molecule has 8 heteroatoms. The summed E-state index contributed by atoms with van der Waals surface area (Å²) < 4.78 is 0. The van der Waals surface area contributed by atoms with E-state index in [0.717, 1.165) is 16.5 Å². The lowest BCUT2D eigenvalue weighted by molar-refractivity contribution is -0.140. The number of H-pyrrole nitrogens is 1. The van der Waals surface area contributed by atoms with E-state index in [9.17, 15) is 14.7 Å². The first-order valence-corrected chi connectivity index (χ1v) is 9.87. The maximum Gasteiger partial charge on any atom is 0.323 e. The Morgan fingerprint density at radius 3 is 2.29 bits per heavy atom. The van der Waals surface area contributed by atoms with Gasteiger partial charge in [-0.2, -0.15) is 5.10 Å². The molecule has 2 aromatic heterocycles. The Kier molecular flexibility index (Phi) is 4.39. The zero-order valence-corrected chi connectivity index (χ0v) is 16.4. The van der Waals surface area contributed by atoms with Crippen LogP contribution in [0.5, 0.6) is 0 Å². The number of rotatable bonds is 5. The summed E-state index contributed by atoms with van der Waals surface area (Å²) in [5.74, 6) is -0.853. The molecule has 2 heterocycles. The fraction of sp³-hybridized carbons (Fsp3) is 0.130. The molecule has 31 heavy (non-hydrogen) atoms. The van der Waals surface area contributed by atoms with Crippen molar-refractivity contribution in [2.75, 3.05) is 10.6 Å². The number of hydrogen-bond acceptors (Lipinski definition) is 4. The normalized spacial score (nSPS) is 14.2. The van der Waals surface area contributed by atoms with Crippen molar-refractivity contribution in [3.63, 3.8) is 0 Å². The average molecular weight is 413 g/mol. The second kappa shape index (κ2) is 7.24. The van der Waals surface area contributed by atoms with Crippen molar-refractivity contribution in [2.45, 2.75) is 18.3 Å². The van der Waals surface area contributed by atoms with Gasteiger partial charge in [-0.05, 0) is 54.3 Å². The predicted octanol–water partition coefficient (Wildman–Crippen LogP) is 4.39. The zero-order valence-electron chi connectivity index (χ0n) is 16.4. The molecule has 0 bridgehead atoms. The summed E-state index contributed by atoms with van der Waals surface area (Å²) in [6.45, 7) is 0. The molecule has 0 aliphatic heterocycles. The highest BCUT2D eigenvalue weighted by Gasteiger charge is 2.53. The van der Waals surface area contributed by atoms with Crippen LogP contribution >= 0.6 is 0 Å². The van der Waals surface area contributed by atoms with E-state index in [1.165, 1.54) is 0 Å². The number of anilines is 2. The largest absolute Gasteiger partial charge is 0.481 e. The third-order valence-corrected chi connectivity index (χ3v) is 5.56. The Hall–Kier alpha value is -4.20. The standard InChI is InChI=1S/C23H19N5O3/c29-21(30)23(10-11-23)19-12-17(18-13-24-28-20(18)27-19)14-6-8-16(9-7-14)26-22(31)25-15-4-2-1-3-5-15/h1-9,12-13H,10-11H2,(H,29,30)(H,24,27,28)(H2,25,26,31). The van der Waals surface area contributed by atoms with E-state index in [1.807, 2.05) is 48.5 Å². The number of carbonyl (C=O) groups excluding carboxylic acids is 1. The van der Waals surface area contributed by atoms with Crippen molar-refractivity contribution < 1.29 is 14.7 Å². The van der Waals surface area contributed by atoms with Crippen LogP contribution < -0.4 is 10.6 Å². The van der Waals surface area contributed by atoms with E-state index in [2.05, 4.69) is 25.8 Å². The Balaban J connectivity index is 1.41. The zero-order chi connectivity index (χ0) is 21.4. The molecular formula is C23H19N5O3. The van der Waals surface area contributed by atoms with E-state index < -0.39 is 11.4 Å². The molecule has 0 saturated heterocycles. The van der Waals surface area contributed by atoms with Crippen molar-refractivity contribution in [2.24, 2.45) is 0 Å². The SMILES string of the molecule is O=C(Nc1ccccc1)Nc1ccc(-c2cc(C3(C(=O)O)CC3)nc3[nH]ncc23)cc1. The summed E-state index contributed by atoms with van der Waals surface area (Å²) in [4.78, 5) is 28.5. The number of amides is 2. The van der Waals surface area contributed by atoms with Gasteiger partial charge in [-0.15, -0.1) is 0 Å². The Morgan fingerprint density at radius 1 is 0.968 bits per heavy atom. The monoisotopic (exact) mass is 413 g/mol. The number of carboxylic acid groups (broad SMARTS) is 1. The summed E-state index contributed by atoms with van der Waals surface area (Å²) >= 11 is 0. The first kappa shape index (κ1) is 18.8. The van der Waals surface area contributed by atoms with Crippen LogP contribution in [0.25, 0.3) is 22.2 Å². The van der Waals surface area contributed by atoms with Gasteiger partial charge in [0.05, 0.1) is 11.9 Å². The first-order valence-electron chi connectivity index (χ1n) is 9.87. The summed E-state index contributed by atoms with van der Waals surface area (Å²) in [7, 11) is 0. The number of carbonyl (C=O) groups is 2. The minimum Gasteiger partial charge on any atom is -0.481 e. The molecule has 1 aliphatic carbocycles. The number of aromatic amines is 1. The van der Waals surface area contributed by atoms with Gasteiger partial charge in [-0.3, -0.25) is 9.89 Å². The molecule has 0 spiro atoms. The molecule has 0 atom stereocenters. The lowest BCUT2D eigenvalue weighted by Crippen LogP contribution is -2.21. The third kappa shape index (κ3) is 3.48. The van der Waals surface area contributed by atoms with E-state index in [-0.39, 0.29) is 6.03 Å². The quantitative estimate of drug-likeness (QED) is 0.387. The summed E-state index contributed by atoms with van der Waals surface area (Å²) in [6.07, 6.45) is 2.84. The maximum absolute atomic E-state index is 12.2. The van der Waals surface area contributed by atoms with E-state index in [4.69, 9.17) is 0 Å². The molecule has 1 aliphatic rings. The molecule has 8 nitrogen and oxygen atoms in total. The number of hydrogen-bond donors (Lipinski definition) is 4. The van der Waals surface area contributed by atoms with Gasteiger partial charge in [0.15, 0.2) is 5.65 Å². The van der Waals surface area contributed by atoms with Crippen molar-refractivity contribution >= 4 is 34.4 Å². The highest BCUT2D eigenvalue weighted by atomic mass is 16.4. The number of aromatic nitrogens is 3. The number of nitrogens with zero attached hydrogens (tertiary/aromatic N) is 2. The van der Waals surface area contributed by atoms with Gasteiger partial charge < -0.3 is 15.7 Å². The number of aliphatic carboxylic acids is 1. The molecule has 0 unspecified atom stereocenters. The summed E-state index contributed by atoms with van der Waals surface area (Å²) in [6, 6.07) is 18.1. The Bertz CT molecular complexity index is 1280. The smallest absolute Gasteiger partial charge is 0.323 e. The van der Waals surface area contributed by atoms with Crippen LogP contribution in [0, 0.1) is 0 Å². The minimum atomic E-state index is -0.912. The van der Waals surface area contributed by atoms with E-state index in [0.29, 0.717) is 35.6 Å². The van der Waals surface area contributed by atoms with Crippen LogP contribution in [0.2, 0.25) is 0 Å². The number of urea groups is 1. The van der Waals surface area contributed by atoms with Gasteiger partial charge in [-0.25, -0.2) is 9.78 Å². The molecule has 2 aromatic carbocycles. The van der Waals surface area contributed by atoms with Gasteiger partial charge in [0.25, 0.3) is 0 Å². The second-order valence-electron chi connectivity index (χ2n) is 7.60. The molecule has 4 aromatic rings. The van der Waals surface area contributed by atoms with Crippen LogP contribution in [-0.2, 0) is 10.2 Å². The predicted molar refractivity (Wildman–Crippen MR) is 117 cm³/mol. The van der Waals surface area contributed by atoms with Gasteiger partial charge in [0.2, 0.25) is 0 Å². The first-order chi connectivity index (χ1) is 15.0. The van der Waals surface area contributed by atoms with Crippen LogP contribution in [0.4, 0.5) is 16.2 Å². The maximum atomic E-state index is 12.2. The Morgan fingerprint density at radius 2 is 1.65 bits per heavy atom. The van der Waals surface area contributed by atoms with E-state index in [1.54, 1.807) is 18.3 Å². The van der Waals surface area contributed by atoms with Crippen LogP contribution in [0.15, 0.2) is 66.9 Å². The van der Waals surface area contributed by atoms with Crippen molar-refractivity contribution in [3.05, 3.63) is 72.6 Å². The number of carboxylic acids is 1. The molecule has 5 rings (SSSR count). The van der Waals surface area contributed by atoms with E-state index >= 15 is 0 Å². The Labute approximate surface area is 177 Å². The molecule has 1 fully saturated rings. The summed E-state index contributed by atoms with van der Waals surface area (Å²) in [5, 5.41) is 23.0.